The zero-order valence-corrected chi connectivity index (χ0v) is 13.4. The zero-order valence-electron chi connectivity index (χ0n) is 13.4. The van der Waals surface area contributed by atoms with Crippen molar-refractivity contribution in [1.82, 2.24) is 9.38 Å². The van der Waals surface area contributed by atoms with Gasteiger partial charge in [0.2, 0.25) is 0 Å². The number of pyridine rings is 1. The second kappa shape index (κ2) is 6.11. The number of aromatic carboxylic acids is 1. The highest BCUT2D eigenvalue weighted by molar-refractivity contribution is 5.92. The Hall–Kier alpha value is -3.62. The summed E-state index contributed by atoms with van der Waals surface area (Å²) in [7, 11) is 0. The summed E-state index contributed by atoms with van der Waals surface area (Å²) in [6, 6.07) is 7.76. The van der Waals surface area contributed by atoms with Crippen molar-refractivity contribution in [2.45, 2.75) is 13.8 Å². The maximum absolute atomic E-state index is 11.5. The third-order valence-electron chi connectivity index (χ3n) is 3.68. The molecule has 126 valence electrons. The summed E-state index contributed by atoms with van der Waals surface area (Å²) in [6.07, 6.45) is 1.64. The summed E-state index contributed by atoms with van der Waals surface area (Å²) in [5.74, 6) is -1.18. The predicted molar refractivity (Wildman–Crippen MR) is 88.9 cm³/mol. The number of hydrogen-bond donors (Lipinski definition) is 1. The third kappa shape index (κ3) is 2.94. The highest BCUT2D eigenvalue weighted by atomic mass is 16.6. The fraction of sp³-hybridized carbons (Fsp3) is 0.125. The molecule has 0 aliphatic heterocycles. The molecule has 3 rings (SSSR count). The molecular formula is C16H13N5O4. The first-order chi connectivity index (χ1) is 11.9. The molecule has 0 amide bonds. The van der Waals surface area contributed by atoms with E-state index in [0.29, 0.717) is 11.2 Å². The molecule has 0 saturated carbocycles. The van der Waals surface area contributed by atoms with Crippen LogP contribution in [-0.4, -0.2) is 25.4 Å². The summed E-state index contributed by atoms with van der Waals surface area (Å²) in [5, 5.41) is 28.3. The number of hydrogen-bond acceptors (Lipinski definition) is 6. The fourth-order valence-electron chi connectivity index (χ4n) is 2.35. The van der Waals surface area contributed by atoms with Gasteiger partial charge < -0.3 is 5.11 Å². The summed E-state index contributed by atoms with van der Waals surface area (Å²) < 4.78 is 1.52. The van der Waals surface area contributed by atoms with Gasteiger partial charge in [0.05, 0.1) is 10.6 Å². The number of rotatable bonds is 4. The average molecular weight is 339 g/mol. The van der Waals surface area contributed by atoms with Gasteiger partial charge in [-0.1, -0.05) is 12.1 Å². The van der Waals surface area contributed by atoms with Gasteiger partial charge in [0.15, 0.2) is 11.5 Å². The van der Waals surface area contributed by atoms with Crippen molar-refractivity contribution in [3.63, 3.8) is 0 Å². The number of carboxylic acids is 1. The van der Waals surface area contributed by atoms with Crippen molar-refractivity contribution < 1.29 is 14.8 Å². The first-order valence-electron chi connectivity index (χ1n) is 7.26. The van der Waals surface area contributed by atoms with Crippen molar-refractivity contribution in [2.24, 2.45) is 10.2 Å². The van der Waals surface area contributed by atoms with Crippen molar-refractivity contribution in [2.75, 3.05) is 0 Å². The van der Waals surface area contributed by atoms with E-state index in [2.05, 4.69) is 15.2 Å². The number of aryl methyl sites for hydroxylation is 2. The fourth-order valence-corrected chi connectivity index (χ4v) is 2.35. The number of carbonyl (C=O) groups is 1. The van der Waals surface area contributed by atoms with Gasteiger partial charge in [0.25, 0.3) is 5.69 Å². The molecule has 3 aromatic rings. The molecular weight excluding hydrogens is 326 g/mol. The van der Waals surface area contributed by atoms with Gasteiger partial charge in [-0.05, 0) is 31.0 Å². The number of benzene rings is 1. The summed E-state index contributed by atoms with van der Waals surface area (Å²) in [6.45, 7) is 3.54. The van der Waals surface area contributed by atoms with Crippen LogP contribution in [0, 0.1) is 24.0 Å². The number of imidazole rings is 1. The molecule has 0 atom stereocenters. The van der Waals surface area contributed by atoms with E-state index < -0.39 is 10.9 Å². The molecule has 0 bridgehead atoms. The first-order valence-corrected chi connectivity index (χ1v) is 7.26. The molecule has 2 aromatic heterocycles. The number of nitrogens with zero attached hydrogens (tertiary/aromatic N) is 5. The minimum Gasteiger partial charge on any atom is -0.476 e. The Balaban J connectivity index is 2.15. The molecule has 1 N–H and O–H groups in total. The third-order valence-corrected chi connectivity index (χ3v) is 3.68. The molecule has 0 saturated heterocycles. The Morgan fingerprint density at radius 3 is 2.68 bits per heavy atom. The topological polar surface area (TPSA) is 122 Å². The standard InChI is InChI=1S/C16H13N5O4/c1-9-5-6-11(21(24)25)8-12(9)18-19-15-13(16(22)23)17-14-10(2)4-3-7-20(14)15/h3-8H,1-2H3,(H,22,23). The molecule has 0 spiro atoms. The average Bonchev–Trinajstić information content (AvgIpc) is 2.94. The van der Waals surface area contributed by atoms with Gasteiger partial charge in [-0.15, -0.1) is 10.2 Å². The SMILES string of the molecule is Cc1ccc([N+](=O)[O-])cc1N=Nc1c(C(=O)O)nc2c(C)cccn12. The molecule has 9 nitrogen and oxygen atoms in total. The Bertz CT molecular complexity index is 1040. The van der Waals surface area contributed by atoms with Gasteiger partial charge >= 0.3 is 5.97 Å². The molecule has 0 aliphatic carbocycles. The van der Waals surface area contributed by atoms with E-state index in [4.69, 9.17) is 0 Å². The van der Waals surface area contributed by atoms with Crippen LogP contribution in [0.2, 0.25) is 0 Å². The number of nitro benzene ring substituents is 1. The van der Waals surface area contributed by atoms with E-state index >= 15 is 0 Å². The van der Waals surface area contributed by atoms with Gasteiger partial charge in [0, 0.05) is 18.3 Å². The second-order valence-corrected chi connectivity index (χ2v) is 5.40. The highest BCUT2D eigenvalue weighted by Crippen LogP contribution is 2.29. The number of fused-ring (bicyclic) bond motifs is 1. The van der Waals surface area contributed by atoms with Gasteiger partial charge in [-0.25, -0.2) is 9.78 Å². The quantitative estimate of drug-likeness (QED) is 0.437. The Labute approximate surface area is 141 Å². The van der Waals surface area contributed by atoms with Crippen molar-refractivity contribution in [3.05, 3.63) is 63.5 Å². The smallest absolute Gasteiger partial charge is 0.358 e. The molecule has 0 aliphatic rings. The normalized spacial score (nSPS) is 11.3. The van der Waals surface area contributed by atoms with E-state index in [1.54, 1.807) is 38.2 Å². The lowest BCUT2D eigenvalue weighted by Gasteiger charge is -2.00. The maximum atomic E-state index is 11.5. The minimum absolute atomic E-state index is 0.0529. The molecule has 9 heteroatoms. The van der Waals surface area contributed by atoms with Crippen LogP contribution < -0.4 is 0 Å². The largest absolute Gasteiger partial charge is 0.476 e. The van der Waals surface area contributed by atoms with E-state index in [1.165, 1.54) is 16.5 Å². The van der Waals surface area contributed by atoms with Crippen LogP contribution in [0.4, 0.5) is 17.2 Å². The van der Waals surface area contributed by atoms with Gasteiger partial charge in [0.1, 0.15) is 5.65 Å². The first kappa shape index (κ1) is 16.2. The second-order valence-electron chi connectivity index (χ2n) is 5.40. The number of carboxylic acid groups (broad SMARTS) is 1. The number of non-ortho nitro benzene ring substituents is 1. The van der Waals surface area contributed by atoms with Gasteiger partial charge in [-0.2, -0.15) is 0 Å². The lowest BCUT2D eigenvalue weighted by molar-refractivity contribution is -0.384. The van der Waals surface area contributed by atoms with Crippen LogP contribution in [0.25, 0.3) is 5.65 Å². The van der Waals surface area contributed by atoms with Crippen LogP contribution in [0.1, 0.15) is 21.6 Å². The number of aromatic nitrogens is 2. The highest BCUT2D eigenvalue weighted by Gasteiger charge is 2.19. The predicted octanol–water partition coefficient (Wildman–Crippen LogP) is 3.97. The Kier molecular flexibility index (Phi) is 3.97. The van der Waals surface area contributed by atoms with Crippen molar-refractivity contribution in [3.8, 4) is 0 Å². The van der Waals surface area contributed by atoms with Crippen molar-refractivity contribution >= 4 is 28.8 Å². The molecule has 0 unspecified atom stereocenters. The number of azo groups is 1. The summed E-state index contributed by atoms with van der Waals surface area (Å²) >= 11 is 0. The Morgan fingerprint density at radius 1 is 1.24 bits per heavy atom. The molecule has 25 heavy (non-hydrogen) atoms. The van der Waals surface area contributed by atoms with E-state index in [1.807, 2.05) is 0 Å². The lowest BCUT2D eigenvalue weighted by atomic mass is 10.2. The molecule has 1 aromatic carbocycles. The molecule has 0 radical (unpaired) electrons. The van der Waals surface area contributed by atoms with Gasteiger partial charge in [-0.3, -0.25) is 14.5 Å². The lowest BCUT2D eigenvalue weighted by Crippen LogP contribution is -1.96. The molecule has 0 fully saturated rings. The minimum atomic E-state index is -1.23. The van der Waals surface area contributed by atoms with Crippen LogP contribution in [-0.2, 0) is 0 Å². The van der Waals surface area contributed by atoms with Crippen LogP contribution >= 0.6 is 0 Å². The molecule has 2 heterocycles. The van der Waals surface area contributed by atoms with E-state index in [9.17, 15) is 20.0 Å². The van der Waals surface area contributed by atoms with E-state index in [-0.39, 0.29) is 22.9 Å². The Morgan fingerprint density at radius 2 is 2.00 bits per heavy atom. The monoisotopic (exact) mass is 339 g/mol. The summed E-state index contributed by atoms with van der Waals surface area (Å²) in [4.78, 5) is 25.9. The maximum Gasteiger partial charge on any atom is 0.358 e. The van der Waals surface area contributed by atoms with Crippen molar-refractivity contribution in [1.29, 1.82) is 0 Å². The van der Waals surface area contributed by atoms with E-state index in [0.717, 1.165) is 5.56 Å². The van der Waals surface area contributed by atoms with Crippen LogP contribution in [0.5, 0.6) is 0 Å². The van der Waals surface area contributed by atoms with Crippen LogP contribution in [0.15, 0.2) is 46.8 Å². The number of nitro groups is 1. The summed E-state index contributed by atoms with van der Waals surface area (Å²) in [5.41, 5.74) is 1.86. The van der Waals surface area contributed by atoms with Crippen LogP contribution in [0.3, 0.4) is 0 Å². The zero-order chi connectivity index (χ0) is 18.1.